The predicted octanol–water partition coefficient (Wildman–Crippen LogP) is 4.47. The minimum absolute atomic E-state index is 0.348. The second-order valence-corrected chi connectivity index (χ2v) is 6.28. The van der Waals surface area contributed by atoms with Crippen LogP contribution in [0.25, 0.3) is 0 Å². The Morgan fingerprint density at radius 1 is 1.00 bits per heavy atom. The molecule has 20 heavy (non-hydrogen) atoms. The molecule has 0 heterocycles. The first-order valence-electron chi connectivity index (χ1n) is 8.01. The zero-order valence-corrected chi connectivity index (χ0v) is 13.8. The SMILES string of the molecule is CCC(CC)N(CC(C)C)C(C)Cc1ccc(O)cc1. The van der Waals surface area contributed by atoms with Gasteiger partial charge in [-0.15, -0.1) is 0 Å². The number of hydrogen-bond donors (Lipinski definition) is 1. The molecule has 2 heteroatoms. The number of rotatable bonds is 8. The molecule has 1 N–H and O–H groups in total. The van der Waals surface area contributed by atoms with Crippen molar-refractivity contribution >= 4 is 0 Å². The Bertz CT molecular complexity index is 368. The molecule has 0 saturated carbocycles. The number of nitrogens with zero attached hydrogens (tertiary/aromatic N) is 1. The van der Waals surface area contributed by atoms with Crippen molar-refractivity contribution < 1.29 is 5.11 Å². The van der Waals surface area contributed by atoms with Gasteiger partial charge in [0.1, 0.15) is 5.75 Å². The van der Waals surface area contributed by atoms with E-state index in [9.17, 15) is 5.11 Å². The number of phenols is 1. The molecule has 1 unspecified atom stereocenters. The quantitative estimate of drug-likeness (QED) is 0.758. The first-order chi connectivity index (χ1) is 9.47. The highest BCUT2D eigenvalue weighted by Gasteiger charge is 2.22. The molecule has 1 aromatic carbocycles. The van der Waals surface area contributed by atoms with Crippen LogP contribution < -0.4 is 0 Å². The van der Waals surface area contributed by atoms with Gasteiger partial charge in [0, 0.05) is 18.6 Å². The third kappa shape index (κ3) is 5.16. The van der Waals surface area contributed by atoms with Gasteiger partial charge in [-0.2, -0.15) is 0 Å². The number of benzene rings is 1. The maximum absolute atomic E-state index is 9.37. The van der Waals surface area contributed by atoms with Crippen molar-refractivity contribution in [3.63, 3.8) is 0 Å². The molecule has 0 aliphatic heterocycles. The van der Waals surface area contributed by atoms with Gasteiger partial charge < -0.3 is 5.11 Å². The van der Waals surface area contributed by atoms with Gasteiger partial charge in [0.05, 0.1) is 0 Å². The molecule has 0 spiro atoms. The highest BCUT2D eigenvalue weighted by molar-refractivity contribution is 5.26. The Hall–Kier alpha value is -1.02. The van der Waals surface area contributed by atoms with E-state index in [1.165, 1.54) is 18.4 Å². The lowest BCUT2D eigenvalue weighted by molar-refractivity contribution is 0.118. The van der Waals surface area contributed by atoms with Gasteiger partial charge in [-0.25, -0.2) is 0 Å². The maximum atomic E-state index is 9.37. The molecule has 114 valence electrons. The van der Waals surface area contributed by atoms with Gasteiger partial charge in [-0.3, -0.25) is 4.90 Å². The minimum atomic E-state index is 0.348. The number of aromatic hydroxyl groups is 1. The highest BCUT2D eigenvalue weighted by Crippen LogP contribution is 2.19. The van der Waals surface area contributed by atoms with Gasteiger partial charge in [-0.1, -0.05) is 39.8 Å². The van der Waals surface area contributed by atoms with E-state index in [1.807, 2.05) is 12.1 Å². The highest BCUT2D eigenvalue weighted by atomic mass is 16.3. The molecule has 0 bridgehead atoms. The number of phenolic OH excluding ortho intramolecular Hbond substituents is 1. The van der Waals surface area contributed by atoms with Crippen LogP contribution >= 0.6 is 0 Å². The van der Waals surface area contributed by atoms with Gasteiger partial charge >= 0.3 is 0 Å². The zero-order chi connectivity index (χ0) is 15.1. The summed E-state index contributed by atoms with van der Waals surface area (Å²) in [6.07, 6.45) is 3.47. The molecule has 0 aromatic heterocycles. The van der Waals surface area contributed by atoms with E-state index in [1.54, 1.807) is 12.1 Å². The average molecular weight is 277 g/mol. The van der Waals surface area contributed by atoms with Gasteiger partial charge in [0.25, 0.3) is 0 Å². The monoisotopic (exact) mass is 277 g/mol. The van der Waals surface area contributed by atoms with E-state index in [-0.39, 0.29) is 0 Å². The lowest BCUT2D eigenvalue weighted by Gasteiger charge is -2.37. The fourth-order valence-electron chi connectivity index (χ4n) is 2.96. The summed E-state index contributed by atoms with van der Waals surface area (Å²) in [6.45, 7) is 12.6. The molecule has 1 rings (SSSR count). The van der Waals surface area contributed by atoms with Crippen LogP contribution in [0, 0.1) is 5.92 Å². The Balaban J connectivity index is 2.76. The van der Waals surface area contributed by atoms with Crippen LogP contribution in [-0.4, -0.2) is 28.6 Å². The van der Waals surface area contributed by atoms with Gasteiger partial charge in [0.15, 0.2) is 0 Å². The van der Waals surface area contributed by atoms with Crippen LogP contribution in [0.4, 0.5) is 0 Å². The van der Waals surface area contributed by atoms with E-state index < -0.39 is 0 Å². The third-order valence-electron chi connectivity index (χ3n) is 4.02. The smallest absolute Gasteiger partial charge is 0.115 e. The molecule has 0 radical (unpaired) electrons. The summed E-state index contributed by atoms with van der Waals surface area (Å²) < 4.78 is 0. The minimum Gasteiger partial charge on any atom is -0.508 e. The molecule has 0 fully saturated rings. The molecule has 0 saturated heterocycles. The van der Waals surface area contributed by atoms with Crippen molar-refractivity contribution in [2.75, 3.05) is 6.54 Å². The lowest BCUT2D eigenvalue weighted by atomic mass is 10.00. The molecule has 1 aromatic rings. The second kappa shape index (κ2) is 8.31. The maximum Gasteiger partial charge on any atom is 0.115 e. The van der Waals surface area contributed by atoms with Crippen LogP contribution in [0.5, 0.6) is 5.75 Å². The van der Waals surface area contributed by atoms with E-state index in [2.05, 4.69) is 39.5 Å². The summed E-state index contributed by atoms with van der Waals surface area (Å²) >= 11 is 0. The first kappa shape index (κ1) is 17.0. The summed E-state index contributed by atoms with van der Waals surface area (Å²) in [6, 6.07) is 8.84. The molecular weight excluding hydrogens is 246 g/mol. The fraction of sp³-hybridized carbons (Fsp3) is 0.667. The molecule has 1 atom stereocenters. The molecule has 0 amide bonds. The van der Waals surface area contributed by atoms with Crippen LogP contribution in [0.3, 0.4) is 0 Å². The Morgan fingerprint density at radius 2 is 1.55 bits per heavy atom. The number of hydrogen-bond acceptors (Lipinski definition) is 2. The molecule has 2 nitrogen and oxygen atoms in total. The largest absolute Gasteiger partial charge is 0.508 e. The van der Waals surface area contributed by atoms with Crippen molar-refractivity contribution in [2.24, 2.45) is 5.92 Å². The van der Waals surface area contributed by atoms with Gasteiger partial charge in [-0.05, 0) is 49.8 Å². The normalized spacial score (nSPS) is 13.4. The summed E-state index contributed by atoms with van der Waals surface area (Å²) in [4.78, 5) is 2.66. The fourth-order valence-corrected chi connectivity index (χ4v) is 2.96. The van der Waals surface area contributed by atoms with Crippen LogP contribution in [-0.2, 0) is 6.42 Å². The van der Waals surface area contributed by atoms with Crippen LogP contribution in [0.2, 0.25) is 0 Å². The predicted molar refractivity (Wildman–Crippen MR) is 87.2 cm³/mol. The van der Waals surface area contributed by atoms with E-state index in [4.69, 9.17) is 0 Å². The zero-order valence-electron chi connectivity index (χ0n) is 13.8. The van der Waals surface area contributed by atoms with Crippen molar-refractivity contribution in [3.05, 3.63) is 29.8 Å². The van der Waals surface area contributed by atoms with E-state index >= 15 is 0 Å². The van der Waals surface area contributed by atoms with Crippen molar-refractivity contribution in [1.82, 2.24) is 4.90 Å². The summed E-state index contributed by atoms with van der Waals surface area (Å²) in [5.41, 5.74) is 1.30. The van der Waals surface area contributed by atoms with Crippen molar-refractivity contribution in [1.29, 1.82) is 0 Å². The van der Waals surface area contributed by atoms with E-state index in [0.29, 0.717) is 23.8 Å². The topological polar surface area (TPSA) is 23.5 Å². The van der Waals surface area contributed by atoms with Crippen LogP contribution in [0.15, 0.2) is 24.3 Å². The first-order valence-corrected chi connectivity index (χ1v) is 8.01. The van der Waals surface area contributed by atoms with Crippen molar-refractivity contribution in [2.45, 2.75) is 66.0 Å². The Labute approximate surface area is 124 Å². The molecule has 0 aliphatic carbocycles. The second-order valence-electron chi connectivity index (χ2n) is 6.28. The average Bonchev–Trinajstić information content (AvgIpc) is 2.41. The Kier molecular flexibility index (Phi) is 7.08. The van der Waals surface area contributed by atoms with E-state index in [0.717, 1.165) is 13.0 Å². The standard InChI is InChI=1S/C18H31NO/c1-6-17(7-2)19(13-14(3)4)15(5)12-16-8-10-18(20)11-9-16/h8-11,14-15,17,20H,6-7,12-13H2,1-5H3. The third-order valence-corrected chi connectivity index (χ3v) is 4.02. The lowest BCUT2D eigenvalue weighted by Crippen LogP contribution is -2.44. The van der Waals surface area contributed by atoms with Crippen molar-refractivity contribution in [3.8, 4) is 5.75 Å². The summed E-state index contributed by atoms with van der Waals surface area (Å²) in [5, 5.41) is 9.37. The van der Waals surface area contributed by atoms with Gasteiger partial charge in [0.2, 0.25) is 0 Å². The Morgan fingerprint density at radius 3 is 2.00 bits per heavy atom. The molecular formula is C18H31NO. The summed E-state index contributed by atoms with van der Waals surface area (Å²) in [7, 11) is 0. The van der Waals surface area contributed by atoms with Crippen LogP contribution in [0.1, 0.15) is 53.0 Å². The molecule has 0 aliphatic rings. The summed E-state index contributed by atoms with van der Waals surface area (Å²) in [5.74, 6) is 1.04.